The number of carboxylic acids is 1. The van der Waals surface area contributed by atoms with Crippen molar-refractivity contribution in [2.45, 2.75) is 148 Å². The topological polar surface area (TPSA) is 102 Å². The number of nitrogens with zero attached hydrogens (tertiary/aromatic N) is 1. The zero-order valence-electron chi connectivity index (χ0n) is 34.6. The summed E-state index contributed by atoms with van der Waals surface area (Å²) in [5, 5.41) is 11.6. The summed E-state index contributed by atoms with van der Waals surface area (Å²) >= 11 is 0. The zero-order valence-corrected chi connectivity index (χ0v) is 34.6. The van der Waals surface area contributed by atoms with Gasteiger partial charge in [-0.2, -0.15) is 0 Å². The van der Waals surface area contributed by atoms with Crippen molar-refractivity contribution < 1.29 is 38.2 Å². The predicted octanol–water partition coefficient (Wildman–Crippen LogP) is 9.63. The fraction of sp³-hybridized carbons (Fsp3) is 0.630. The predicted molar refractivity (Wildman–Crippen MR) is 222 cm³/mol. The van der Waals surface area contributed by atoms with E-state index >= 15 is 0 Å². The second-order valence-corrected chi connectivity index (χ2v) is 14.5. The number of hydrogen-bond donors (Lipinski definition) is 0. The van der Waals surface area contributed by atoms with Crippen LogP contribution in [0.15, 0.2) is 85.1 Å². The molecule has 2 atom stereocenters. The van der Waals surface area contributed by atoms with Crippen LogP contribution in [0.2, 0.25) is 0 Å². The lowest BCUT2D eigenvalue weighted by Gasteiger charge is -2.34. The number of rotatable bonds is 35. The van der Waals surface area contributed by atoms with Gasteiger partial charge in [-0.1, -0.05) is 131 Å². The summed E-state index contributed by atoms with van der Waals surface area (Å²) in [6.07, 6.45) is 46.5. The maximum absolute atomic E-state index is 12.7. The molecule has 0 aliphatic carbocycles. The normalized spacial score (nSPS) is 13.9. The number of carbonyl (C=O) groups is 3. The Hall–Kier alpha value is -3.49. The molecule has 0 saturated heterocycles. The van der Waals surface area contributed by atoms with E-state index in [-0.39, 0.29) is 49.1 Å². The van der Waals surface area contributed by atoms with Crippen LogP contribution < -0.4 is 5.11 Å². The van der Waals surface area contributed by atoms with E-state index in [4.69, 9.17) is 14.2 Å². The van der Waals surface area contributed by atoms with Crippen LogP contribution in [0, 0.1) is 0 Å². The number of aliphatic carboxylic acids is 1. The third-order valence-electron chi connectivity index (χ3n) is 8.54. The van der Waals surface area contributed by atoms with E-state index in [2.05, 4.69) is 86.8 Å². The van der Waals surface area contributed by atoms with Gasteiger partial charge in [-0.05, 0) is 70.6 Å². The lowest BCUT2D eigenvalue weighted by Crippen LogP contribution is -2.55. The fourth-order valence-corrected chi connectivity index (χ4v) is 5.39. The molecule has 0 aromatic rings. The molecular formula is C46H75NO7. The van der Waals surface area contributed by atoms with Gasteiger partial charge in [0.15, 0.2) is 6.10 Å². The molecule has 0 spiro atoms. The Balaban J connectivity index is 4.29. The second kappa shape index (κ2) is 36.5. The first kappa shape index (κ1) is 50.5. The lowest BCUT2D eigenvalue weighted by atomic mass is 10.1. The van der Waals surface area contributed by atoms with Crippen LogP contribution in [-0.2, 0) is 28.6 Å². The first-order chi connectivity index (χ1) is 26.1. The quantitative estimate of drug-likeness (QED) is 0.0275. The number of carbonyl (C=O) groups excluding carboxylic acids is 3. The van der Waals surface area contributed by atoms with Crippen LogP contribution in [0.5, 0.6) is 0 Å². The molecule has 8 nitrogen and oxygen atoms in total. The standard InChI is InChI=1S/C46H75NO7/c1-6-8-10-12-14-15-16-17-18-19-20-21-22-23-24-25-26-27-28-29-31-33-35-37-45(49)54-42(40-52-39-38-43(46(50)51)47(3,4)5)41-53-44(48)36-34-32-30-13-11-9-7-2/h8-11,14-15,17-18,20-21,23-24,30,32,42-43H,6-7,12-13,16,19,22,25-29,31,33-41H2,1-5H3/b10-8+,11-9+,15-14+,18-17+,21-20+,24-23+,32-30+. The summed E-state index contributed by atoms with van der Waals surface area (Å²) in [6.45, 7) is 4.29. The van der Waals surface area contributed by atoms with Crippen molar-refractivity contribution in [1.29, 1.82) is 0 Å². The van der Waals surface area contributed by atoms with Gasteiger partial charge in [0.2, 0.25) is 0 Å². The molecule has 0 aromatic heterocycles. The smallest absolute Gasteiger partial charge is 0.306 e. The van der Waals surface area contributed by atoms with Gasteiger partial charge in [-0.3, -0.25) is 9.59 Å². The Kier molecular flexibility index (Phi) is 34.1. The molecule has 0 amide bonds. The van der Waals surface area contributed by atoms with Gasteiger partial charge in [-0.15, -0.1) is 0 Å². The molecule has 0 heterocycles. The number of ether oxygens (including phenoxy) is 3. The number of hydrogen-bond acceptors (Lipinski definition) is 7. The number of esters is 2. The Labute approximate surface area is 329 Å². The maximum Gasteiger partial charge on any atom is 0.306 e. The molecule has 8 heteroatoms. The fourth-order valence-electron chi connectivity index (χ4n) is 5.39. The summed E-state index contributed by atoms with van der Waals surface area (Å²) in [4.78, 5) is 36.6. The van der Waals surface area contributed by atoms with E-state index in [1.807, 2.05) is 12.2 Å². The highest BCUT2D eigenvalue weighted by atomic mass is 16.6. The van der Waals surface area contributed by atoms with E-state index in [0.717, 1.165) is 77.0 Å². The summed E-state index contributed by atoms with van der Waals surface area (Å²) in [5.41, 5.74) is 0. The Morgan fingerprint density at radius 3 is 1.52 bits per heavy atom. The summed E-state index contributed by atoms with van der Waals surface area (Å²) < 4.78 is 17.0. The number of quaternary nitrogens is 1. The van der Waals surface area contributed by atoms with Crippen LogP contribution in [-0.4, -0.2) is 75.5 Å². The average molecular weight is 754 g/mol. The maximum atomic E-state index is 12.7. The Bertz CT molecular complexity index is 1160. The van der Waals surface area contributed by atoms with Gasteiger partial charge in [-0.25, -0.2) is 0 Å². The number of unbranched alkanes of at least 4 members (excludes halogenated alkanes) is 7. The van der Waals surface area contributed by atoms with Gasteiger partial charge in [0.25, 0.3) is 0 Å². The van der Waals surface area contributed by atoms with Crippen LogP contribution in [0.1, 0.15) is 136 Å². The van der Waals surface area contributed by atoms with Gasteiger partial charge in [0.05, 0.1) is 40.3 Å². The monoisotopic (exact) mass is 754 g/mol. The minimum atomic E-state index is -1.14. The molecular weight excluding hydrogens is 679 g/mol. The Morgan fingerprint density at radius 2 is 1.02 bits per heavy atom. The summed E-state index contributed by atoms with van der Waals surface area (Å²) in [7, 11) is 5.36. The first-order valence-corrected chi connectivity index (χ1v) is 20.6. The van der Waals surface area contributed by atoms with Crippen LogP contribution in [0.25, 0.3) is 0 Å². The molecule has 0 bridgehead atoms. The molecule has 54 heavy (non-hydrogen) atoms. The highest BCUT2D eigenvalue weighted by molar-refractivity contribution is 5.70. The zero-order chi connectivity index (χ0) is 40.0. The van der Waals surface area contributed by atoms with Crippen molar-refractivity contribution in [1.82, 2.24) is 0 Å². The molecule has 306 valence electrons. The summed E-state index contributed by atoms with van der Waals surface area (Å²) in [5.74, 6) is -1.86. The van der Waals surface area contributed by atoms with E-state index in [0.29, 0.717) is 12.8 Å². The molecule has 0 saturated carbocycles. The van der Waals surface area contributed by atoms with Crippen LogP contribution in [0.3, 0.4) is 0 Å². The van der Waals surface area contributed by atoms with Crippen molar-refractivity contribution in [3.05, 3.63) is 85.1 Å². The van der Waals surface area contributed by atoms with E-state index in [1.165, 1.54) is 19.3 Å². The number of allylic oxidation sites excluding steroid dienone is 14. The molecule has 2 unspecified atom stereocenters. The summed E-state index contributed by atoms with van der Waals surface area (Å²) in [6, 6.07) is -0.738. The van der Waals surface area contributed by atoms with Crippen molar-refractivity contribution in [2.75, 3.05) is 41.0 Å². The van der Waals surface area contributed by atoms with Crippen LogP contribution >= 0.6 is 0 Å². The Morgan fingerprint density at radius 1 is 0.556 bits per heavy atom. The van der Waals surface area contributed by atoms with Crippen molar-refractivity contribution >= 4 is 17.9 Å². The highest BCUT2D eigenvalue weighted by Crippen LogP contribution is 2.12. The van der Waals surface area contributed by atoms with Crippen LogP contribution in [0.4, 0.5) is 0 Å². The van der Waals surface area contributed by atoms with E-state index in [9.17, 15) is 19.5 Å². The van der Waals surface area contributed by atoms with E-state index < -0.39 is 18.1 Å². The van der Waals surface area contributed by atoms with Crippen molar-refractivity contribution in [3.63, 3.8) is 0 Å². The lowest BCUT2D eigenvalue weighted by molar-refractivity contribution is -0.889. The molecule has 0 fully saturated rings. The van der Waals surface area contributed by atoms with Crippen molar-refractivity contribution in [2.24, 2.45) is 0 Å². The molecule has 0 aliphatic heterocycles. The second-order valence-electron chi connectivity index (χ2n) is 14.5. The van der Waals surface area contributed by atoms with Gasteiger partial charge in [0.1, 0.15) is 12.6 Å². The minimum absolute atomic E-state index is 0.0131. The van der Waals surface area contributed by atoms with Gasteiger partial charge in [0, 0.05) is 19.3 Å². The number of carboxylic acid groups (broad SMARTS) is 1. The molecule has 0 rings (SSSR count). The highest BCUT2D eigenvalue weighted by Gasteiger charge is 2.25. The third kappa shape index (κ3) is 34.3. The van der Waals surface area contributed by atoms with E-state index in [1.54, 1.807) is 21.1 Å². The minimum Gasteiger partial charge on any atom is -0.544 e. The van der Waals surface area contributed by atoms with Gasteiger partial charge >= 0.3 is 11.9 Å². The number of likely N-dealkylation sites (N-methyl/N-ethyl adjacent to an activating group) is 1. The molecule has 0 radical (unpaired) electrons. The van der Waals surface area contributed by atoms with Crippen molar-refractivity contribution in [3.8, 4) is 0 Å². The average Bonchev–Trinajstić information content (AvgIpc) is 3.12. The SMILES string of the molecule is CC/C=C/C/C=C/C/C=C/C/C=C/C/C=C/CCCCCCCCCC(=O)OC(COCCC(C(=O)[O-])[N+](C)(C)C)COC(=O)CC/C=C/C/C=C/CC. The van der Waals surface area contributed by atoms with Gasteiger partial charge < -0.3 is 28.6 Å². The largest absolute Gasteiger partial charge is 0.544 e. The molecule has 0 N–H and O–H groups in total. The molecule has 0 aromatic carbocycles. The first-order valence-electron chi connectivity index (χ1n) is 20.6. The molecule has 0 aliphatic rings. The third-order valence-corrected chi connectivity index (χ3v) is 8.54.